The molecule has 4 rings (SSSR count). The lowest BCUT2D eigenvalue weighted by molar-refractivity contribution is 0.101. The molecule has 1 N–H and O–H groups in total. The summed E-state index contributed by atoms with van der Waals surface area (Å²) in [5, 5.41) is 11.3. The molecule has 0 radical (unpaired) electrons. The SMILES string of the molecule is CCOc1ccc(Cn2cc(NC(=O)c3noc4c3CC(CC)CC4)cn2)cc1. The van der Waals surface area contributed by atoms with Crippen molar-refractivity contribution in [1.29, 1.82) is 0 Å². The summed E-state index contributed by atoms with van der Waals surface area (Å²) in [5.41, 5.74) is 3.10. The molecule has 152 valence electrons. The van der Waals surface area contributed by atoms with Crippen LogP contribution >= 0.6 is 0 Å². The minimum atomic E-state index is -0.243. The number of carbonyl (C=O) groups excluding carboxylic acids is 1. The molecule has 0 fully saturated rings. The molecule has 1 amide bonds. The van der Waals surface area contributed by atoms with E-state index in [1.807, 2.05) is 37.4 Å². The van der Waals surface area contributed by atoms with E-state index >= 15 is 0 Å². The minimum absolute atomic E-state index is 0.243. The molecule has 0 spiro atoms. The first-order chi connectivity index (χ1) is 14.2. The van der Waals surface area contributed by atoms with Gasteiger partial charge in [-0.25, -0.2) is 0 Å². The average molecular weight is 394 g/mol. The second-order valence-electron chi connectivity index (χ2n) is 7.41. The van der Waals surface area contributed by atoms with E-state index in [4.69, 9.17) is 9.26 Å². The van der Waals surface area contributed by atoms with E-state index < -0.39 is 0 Å². The maximum absolute atomic E-state index is 12.7. The number of aromatic nitrogens is 3. The summed E-state index contributed by atoms with van der Waals surface area (Å²) in [6.07, 6.45) is 7.37. The van der Waals surface area contributed by atoms with Gasteiger partial charge in [-0.05, 0) is 43.4 Å². The number of nitrogens with zero attached hydrogens (tertiary/aromatic N) is 3. The topological polar surface area (TPSA) is 82.2 Å². The van der Waals surface area contributed by atoms with Crippen molar-refractivity contribution in [2.75, 3.05) is 11.9 Å². The van der Waals surface area contributed by atoms with Crippen LogP contribution in [0.5, 0.6) is 5.75 Å². The van der Waals surface area contributed by atoms with E-state index in [9.17, 15) is 4.79 Å². The van der Waals surface area contributed by atoms with Crippen LogP contribution in [-0.4, -0.2) is 27.5 Å². The second-order valence-corrected chi connectivity index (χ2v) is 7.41. The van der Waals surface area contributed by atoms with E-state index in [1.54, 1.807) is 10.9 Å². The number of nitrogens with one attached hydrogen (secondary N) is 1. The Morgan fingerprint density at radius 2 is 2.14 bits per heavy atom. The molecule has 1 unspecified atom stereocenters. The molecule has 7 nitrogen and oxygen atoms in total. The smallest absolute Gasteiger partial charge is 0.278 e. The molecule has 1 aliphatic carbocycles. The maximum Gasteiger partial charge on any atom is 0.278 e. The zero-order chi connectivity index (χ0) is 20.2. The quantitative estimate of drug-likeness (QED) is 0.653. The average Bonchev–Trinajstić information content (AvgIpc) is 3.35. The molecule has 7 heteroatoms. The van der Waals surface area contributed by atoms with Gasteiger partial charge in [0.1, 0.15) is 11.5 Å². The predicted molar refractivity (Wildman–Crippen MR) is 109 cm³/mol. The number of aryl methyl sites for hydroxylation is 1. The lowest BCUT2D eigenvalue weighted by atomic mass is 9.85. The fourth-order valence-electron chi connectivity index (χ4n) is 3.75. The van der Waals surface area contributed by atoms with Gasteiger partial charge in [0, 0.05) is 18.2 Å². The van der Waals surface area contributed by atoms with Crippen molar-refractivity contribution in [2.24, 2.45) is 5.92 Å². The first kappa shape index (κ1) is 19.2. The van der Waals surface area contributed by atoms with E-state index in [2.05, 4.69) is 22.5 Å². The van der Waals surface area contributed by atoms with E-state index in [0.29, 0.717) is 30.5 Å². The zero-order valence-corrected chi connectivity index (χ0v) is 16.9. The van der Waals surface area contributed by atoms with Crippen LogP contribution in [0.4, 0.5) is 5.69 Å². The zero-order valence-electron chi connectivity index (χ0n) is 16.9. The van der Waals surface area contributed by atoms with Crippen LogP contribution in [0, 0.1) is 5.92 Å². The van der Waals surface area contributed by atoms with Crippen molar-refractivity contribution in [3.8, 4) is 5.75 Å². The monoisotopic (exact) mass is 394 g/mol. The van der Waals surface area contributed by atoms with E-state index in [-0.39, 0.29) is 5.91 Å². The number of anilines is 1. The number of rotatable bonds is 7. The van der Waals surface area contributed by atoms with Gasteiger partial charge in [0.2, 0.25) is 0 Å². The minimum Gasteiger partial charge on any atom is -0.494 e. The molecule has 0 aliphatic heterocycles. The van der Waals surface area contributed by atoms with Crippen LogP contribution in [0.2, 0.25) is 0 Å². The molecule has 3 aromatic rings. The number of hydrogen-bond acceptors (Lipinski definition) is 5. The van der Waals surface area contributed by atoms with E-state index in [1.165, 1.54) is 0 Å². The first-order valence-electron chi connectivity index (χ1n) is 10.2. The molecule has 0 bridgehead atoms. The molecule has 0 saturated heterocycles. The van der Waals surface area contributed by atoms with E-state index in [0.717, 1.165) is 48.3 Å². The van der Waals surface area contributed by atoms with Crippen LogP contribution < -0.4 is 10.1 Å². The molecule has 1 aliphatic rings. The Kier molecular flexibility index (Phi) is 5.64. The predicted octanol–water partition coefficient (Wildman–Crippen LogP) is 4.09. The van der Waals surface area contributed by atoms with Crippen LogP contribution in [0.1, 0.15) is 54.1 Å². The number of fused-ring (bicyclic) bond motifs is 1. The first-order valence-corrected chi connectivity index (χ1v) is 10.2. The standard InChI is InChI=1S/C22H26N4O3/c1-3-15-7-10-20-19(11-15)21(25-29-20)22(27)24-17-12-23-26(14-17)13-16-5-8-18(9-6-16)28-4-2/h5-6,8-9,12,14-15H,3-4,7,10-11,13H2,1-2H3,(H,24,27). The number of ether oxygens (including phenoxy) is 1. The van der Waals surface area contributed by atoms with Gasteiger partial charge in [-0.2, -0.15) is 5.10 Å². The van der Waals surface area contributed by atoms with Crippen molar-refractivity contribution in [2.45, 2.75) is 46.1 Å². The molecule has 2 heterocycles. The third kappa shape index (κ3) is 4.34. The highest BCUT2D eigenvalue weighted by Crippen LogP contribution is 2.30. The maximum atomic E-state index is 12.7. The number of amides is 1. The van der Waals surface area contributed by atoms with Gasteiger partial charge in [-0.1, -0.05) is 30.6 Å². The summed E-state index contributed by atoms with van der Waals surface area (Å²) in [5.74, 6) is 2.05. The highest BCUT2D eigenvalue weighted by molar-refractivity contribution is 6.03. The highest BCUT2D eigenvalue weighted by atomic mass is 16.5. The summed E-state index contributed by atoms with van der Waals surface area (Å²) in [6.45, 7) is 5.40. The second kappa shape index (κ2) is 8.51. The normalized spacial score (nSPS) is 15.7. The van der Waals surface area contributed by atoms with Gasteiger partial charge < -0.3 is 14.6 Å². The van der Waals surface area contributed by atoms with Crippen molar-refractivity contribution >= 4 is 11.6 Å². The third-order valence-corrected chi connectivity index (χ3v) is 5.40. The lowest BCUT2D eigenvalue weighted by Gasteiger charge is -2.19. The summed E-state index contributed by atoms with van der Waals surface area (Å²) in [7, 11) is 0. The van der Waals surface area contributed by atoms with Gasteiger partial charge in [-0.3, -0.25) is 9.48 Å². The van der Waals surface area contributed by atoms with Gasteiger partial charge in [0.15, 0.2) is 5.69 Å². The number of carbonyl (C=O) groups is 1. The number of hydrogen-bond donors (Lipinski definition) is 1. The van der Waals surface area contributed by atoms with Crippen LogP contribution in [0.15, 0.2) is 41.2 Å². The van der Waals surface area contributed by atoms with Crippen molar-refractivity contribution in [3.05, 3.63) is 59.2 Å². The van der Waals surface area contributed by atoms with Crippen molar-refractivity contribution < 1.29 is 14.1 Å². The molecule has 29 heavy (non-hydrogen) atoms. The summed E-state index contributed by atoms with van der Waals surface area (Å²) >= 11 is 0. The fraction of sp³-hybridized carbons (Fsp3) is 0.409. The Balaban J connectivity index is 1.40. The summed E-state index contributed by atoms with van der Waals surface area (Å²) in [6, 6.07) is 7.91. The molecule has 2 aromatic heterocycles. The Morgan fingerprint density at radius 1 is 1.31 bits per heavy atom. The third-order valence-electron chi connectivity index (χ3n) is 5.40. The van der Waals surface area contributed by atoms with Gasteiger partial charge in [0.25, 0.3) is 5.91 Å². The Bertz CT molecular complexity index is 974. The van der Waals surface area contributed by atoms with Crippen LogP contribution in [-0.2, 0) is 19.4 Å². The van der Waals surface area contributed by atoms with Crippen molar-refractivity contribution in [3.63, 3.8) is 0 Å². The highest BCUT2D eigenvalue weighted by Gasteiger charge is 2.28. The number of benzene rings is 1. The van der Waals surface area contributed by atoms with Gasteiger partial charge in [0.05, 0.1) is 25.0 Å². The Morgan fingerprint density at radius 3 is 2.90 bits per heavy atom. The largest absolute Gasteiger partial charge is 0.494 e. The Hall–Kier alpha value is -3.09. The summed E-state index contributed by atoms with van der Waals surface area (Å²) < 4.78 is 12.7. The molecular formula is C22H26N4O3. The van der Waals surface area contributed by atoms with Gasteiger partial charge >= 0.3 is 0 Å². The lowest BCUT2D eigenvalue weighted by Crippen LogP contribution is -2.18. The van der Waals surface area contributed by atoms with Crippen LogP contribution in [0.3, 0.4) is 0 Å². The fourth-order valence-corrected chi connectivity index (χ4v) is 3.75. The molecule has 1 aromatic carbocycles. The van der Waals surface area contributed by atoms with Gasteiger partial charge in [-0.15, -0.1) is 0 Å². The molecular weight excluding hydrogens is 368 g/mol. The Labute approximate surface area is 170 Å². The summed E-state index contributed by atoms with van der Waals surface area (Å²) in [4.78, 5) is 12.7. The molecule has 1 atom stereocenters. The molecule has 0 saturated carbocycles. The van der Waals surface area contributed by atoms with Crippen molar-refractivity contribution in [1.82, 2.24) is 14.9 Å². The van der Waals surface area contributed by atoms with Crippen LogP contribution in [0.25, 0.3) is 0 Å².